The maximum atomic E-state index is 5.80. The number of aryl methyl sites for hydroxylation is 2. The zero-order valence-corrected chi connectivity index (χ0v) is 12.5. The van der Waals surface area contributed by atoms with Crippen LogP contribution in [0.25, 0.3) is 0 Å². The lowest BCUT2D eigenvalue weighted by Crippen LogP contribution is -2.30. The van der Waals surface area contributed by atoms with Crippen LogP contribution < -0.4 is 11.3 Å². The standard InChI is InChI=1S/C18H23N3/c1-13-9-10-16(12-20-13)18(21-19)11-15-7-4-6-14-5-2-3-8-17(14)15/h2-3,5,8-10,12,15,18,21H,4,6-7,11,19H2,1H3. The van der Waals surface area contributed by atoms with E-state index in [1.54, 1.807) is 0 Å². The Morgan fingerprint density at radius 3 is 2.90 bits per heavy atom. The molecule has 3 nitrogen and oxygen atoms in total. The average Bonchev–Trinajstić information content (AvgIpc) is 2.54. The normalized spacial score (nSPS) is 19.0. The first-order valence-electron chi connectivity index (χ1n) is 7.74. The molecular weight excluding hydrogens is 258 g/mol. The van der Waals surface area contributed by atoms with E-state index in [1.165, 1.54) is 36.0 Å². The van der Waals surface area contributed by atoms with E-state index in [4.69, 9.17) is 5.84 Å². The monoisotopic (exact) mass is 281 g/mol. The fourth-order valence-electron chi connectivity index (χ4n) is 3.37. The van der Waals surface area contributed by atoms with Crippen molar-refractivity contribution in [2.24, 2.45) is 5.84 Å². The second-order valence-corrected chi connectivity index (χ2v) is 5.98. The summed E-state index contributed by atoms with van der Waals surface area (Å²) in [5.41, 5.74) is 8.20. The van der Waals surface area contributed by atoms with E-state index in [-0.39, 0.29) is 6.04 Å². The zero-order valence-electron chi connectivity index (χ0n) is 12.5. The number of fused-ring (bicyclic) bond motifs is 1. The number of rotatable bonds is 4. The summed E-state index contributed by atoms with van der Waals surface area (Å²) in [6.07, 6.45) is 6.69. The van der Waals surface area contributed by atoms with Crippen molar-refractivity contribution in [3.63, 3.8) is 0 Å². The van der Waals surface area contributed by atoms with Crippen molar-refractivity contribution in [3.05, 3.63) is 65.0 Å². The molecule has 1 aromatic heterocycles. The molecule has 1 aliphatic carbocycles. The van der Waals surface area contributed by atoms with E-state index in [0.717, 1.165) is 12.1 Å². The predicted octanol–water partition coefficient (Wildman–Crippen LogP) is 3.40. The molecule has 3 rings (SSSR count). The summed E-state index contributed by atoms with van der Waals surface area (Å²) < 4.78 is 0. The summed E-state index contributed by atoms with van der Waals surface area (Å²) in [6, 6.07) is 13.2. The topological polar surface area (TPSA) is 50.9 Å². The van der Waals surface area contributed by atoms with E-state index in [2.05, 4.69) is 46.8 Å². The van der Waals surface area contributed by atoms with Crippen molar-refractivity contribution in [1.82, 2.24) is 10.4 Å². The van der Waals surface area contributed by atoms with Gasteiger partial charge in [0, 0.05) is 17.9 Å². The molecule has 0 radical (unpaired) electrons. The van der Waals surface area contributed by atoms with Crippen LogP contribution in [0.1, 0.15) is 53.6 Å². The van der Waals surface area contributed by atoms with E-state index in [1.807, 2.05) is 13.1 Å². The molecule has 0 aliphatic heterocycles. The summed E-state index contributed by atoms with van der Waals surface area (Å²) in [5.74, 6) is 6.38. The second-order valence-electron chi connectivity index (χ2n) is 5.98. The first-order valence-corrected chi connectivity index (χ1v) is 7.74. The first-order chi connectivity index (χ1) is 10.3. The number of hydrogen-bond acceptors (Lipinski definition) is 3. The lowest BCUT2D eigenvalue weighted by atomic mass is 9.79. The molecule has 1 heterocycles. The van der Waals surface area contributed by atoms with Crippen LogP contribution in [0, 0.1) is 6.92 Å². The molecular formula is C18H23N3. The number of benzene rings is 1. The van der Waals surface area contributed by atoms with Gasteiger partial charge in [-0.05, 0) is 61.3 Å². The smallest absolute Gasteiger partial charge is 0.0481 e. The number of nitrogens with one attached hydrogen (secondary N) is 1. The summed E-state index contributed by atoms with van der Waals surface area (Å²) in [7, 11) is 0. The minimum Gasteiger partial charge on any atom is -0.271 e. The molecule has 0 bridgehead atoms. The van der Waals surface area contributed by atoms with Crippen molar-refractivity contribution in [1.29, 1.82) is 0 Å². The highest BCUT2D eigenvalue weighted by Crippen LogP contribution is 2.37. The molecule has 3 heteroatoms. The van der Waals surface area contributed by atoms with Gasteiger partial charge in [-0.15, -0.1) is 0 Å². The van der Waals surface area contributed by atoms with Gasteiger partial charge >= 0.3 is 0 Å². The number of hydrogen-bond donors (Lipinski definition) is 2. The van der Waals surface area contributed by atoms with Crippen molar-refractivity contribution >= 4 is 0 Å². The lowest BCUT2D eigenvalue weighted by Gasteiger charge is -2.29. The van der Waals surface area contributed by atoms with Crippen LogP contribution in [0.5, 0.6) is 0 Å². The van der Waals surface area contributed by atoms with E-state index >= 15 is 0 Å². The van der Waals surface area contributed by atoms with Crippen LogP contribution in [0.2, 0.25) is 0 Å². The minimum atomic E-state index is 0.161. The number of nitrogens with two attached hydrogens (primary N) is 1. The van der Waals surface area contributed by atoms with Crippen molar-refractivity contribution in [3.8, 4) is 0 Å². The van der Waals surface area contributed by atoms with Gasteiger partial charge in [-0.25, -0.2) is 0 Å². The Morgan fingerprint density at radius 2 is 2.14 bits per heavy atom. The van der Waals surface area contributed by atoms with E-state index < -0.39 is 0 Å². The Balaban J connectivity index is 1.80. The van der Waals surface area contributed by atoms with Gasteiger partial charge in [0.2, 0.25) is 0 Å². The van der Waals surface area contributed by atoms with Gasteiger partial charge in [0.05, 0.1) is 0 Å². The van der Waals surface area contributed by atoms with Gasteiger partial charge in [-0.3, -0.25) is 16.3 Å². The lowest BCUT2D eigenvalue weighted by molar-refractivity contribution is 0.425. The molecule has 3 N–H and O–H groups in total. The number of aromatic nitrogens is 1. The Hall–Kier alpha value is -1.71. The van der Waals surface area contributed by atoms with Gasteiger partial charge in [0.1, 0.15) is 0 Å². The maximum Gasteiger partial charge on any atom is 0.0481 e. The van der Waals surface area contributed by atoms with Crippen LogP contribution in [0.15, 0.2) is 42.6 Å². The second kappa shape index (κ2) is 6.37. The molecule has 2 aromatic rings. The molecule has 2 unspecified atom stereocenters. The van der Waals surface area contributed by atoms with E-state index in [0.29, 0.717) is 5.92 Å². The minimum absolute atomic E-state index is 0.161. The quantitative estimate of drug-likeness (QED) is 0.667. The van der Waals surface area contributed by atoms with Crippen LogP contribution >= 0.6 is 0 Å². The highest BCUT2D eigenvalue weighted by molar-refractivity contribution is 5.33. The summed E-state index contributed by atoms with van der Waals surface area (Å²) in [6.45, 7) is 2.01. The highest BCUT2D eigenvalue weighted by Gasteiger charge is 2.23. The summed E-state index contributed by atoms with van der Waals surface area (Å²) in [4.78, 5) is 4.39. The largest absolute Gasteiger partial charge is 0.271 e. The molecule has 2 atom stereocenters. The predicted molar refractivity (Wildman–Crippen MR) is 85.8 cm³/mol. The number of pyridine rings is 1. The van der Waals surface area contributed by atoms with Crippen LogP contribution in [-0.4, -0.2) is 4.98 Å². The number of nitrogens with zero attached hydrogens (tertiary/aromatic N) is 1. The Kier molecular flexibility index (Phi) is 4.32. The van der Waals surface area contributed by atoms with Gasteiger partial charge in [0.15, 0.2) is 0 Å². The van der Waals surface area contributed by atoms with Crippen LogP contribution in [0.4, 0.5) is 0 Å². The van der Waals surface area contributed by atoms with E-state index in [9.17, 15) is 0 Å². The first kappa shape index (κ1) is 14.2. The zero-order chi connectivity index (χ0) is 14.7. The highest BCUT2D eigenvalue weighted by atomic mass is 15.2. The molecule has 0 saturated heterocycles. The number of hydrazine groups is 1. The molecule has 0 spiro atoms. The third-order valence-corrected chi connectivity index (χ3v) is 4.55. The molecule has 0 amide bonds. The fourth-order valence-corrected chi connectivity index (χ4v) is 3.37. The Bertz CT molecular complexity index is 592. The molecule has 1 aliphatic rings. The van der Waals surface area contributed by atoms with Crippen molar-refractivity contribution in [2.75, 3.05) is 0 Å². The van der Waals surface area contributed by atoms with Gasteiger partial charge < -0.3 is 0 Å². The fraction of sp³-hybridized carbons (Fsp3) is 0.389. The molecule has 0 fully saturated rings. The summed E-state index contributed by atoms with van der Waals surface area (Å²) in [5, 5.41) is 0. The Morgan fingerprint density at radius 1 is 1.29 bits per heavy atom. The Labute approximate surface area is 126 Å². The third kappa shape index (κ3) is 3.14. The molecule has 110 valence electrons. The van der Waals surface area contributed by atoms with Gasteiger partial charge in [-0.1, -0.05) is 30.3 Å². The molecule has 21 heavy (non-hydrogen) atoms. The molecule has 1 aromatic carbocycles. The van der Waals surface area contributed by atoms with Gasteiger partial charge in [-0.2, -0.15) is 0 Å². The van der Waals surface area contributed by atoms with Crippen molar-refractivity contribution < 1.29 is 0 Å². The van der Waals surface area contributed by atoms with Crippen LogP contribution in [0.3, 0.4) is 0 Å². The third-order valence-electron chi connectivity index (χ3n) is 4.55. The maximum absolute atomic E-state index is 5.80. The van der Waals surface area contributed by atoms with Gasteiger partial charge in [0.25, 0.3) is 0 Å². The van der Waals surface area contributed by atoms with Crippen molar-refractivity contribution in [2.45, 2.75) is 44.6 Å². The average molecular weight is 281 g/mol. The van der Waals surface area contributed by atoms with Crippen LogP contribution in [-0.2, 0) is 6.42 Å². The molecule has 0 saturated carbocycles. The summed E-state index contributed by atoms with van der Waals surface area (Å²) >= 11 is 0. The SMILES string of the molecule is Cc1ccc(C(CC2CCCc3ccccc32)NN)cn1.